The van der Waals surface area contributed by atoms with Gasteiger partial charge in [0.2, 0.25) is 6.79 Å². The van der Waals surface area contributed by atoms with E-state index in [2.05, 4.69) is 21.9 Å². The van der Waals surface area contributed by atoms with Crippen LogP contribution in [0, 0.1) is 5.92 Å². The van der Waals surface area contributed by atoms with Crippen LogP contribution in [0.15, 0.2) is 27.8 Å². The van der Waals surface area contributed by atoms with Gasteiger partial charge in [-0.3, -0.25) is 14.6 Å². The Morgan fingerprint density at radius 3 is 2.48 bits per heavy atom. The molecular weight excluding hydrogens is 392 g/mol. The van der Waals surface area contributed by atoms with Crippen molar-refractivity contribution in [3.05, 3.63) is 43.9 Å². The highest BCUT2D eigenvalue weighted by Crippen LogP contribution is 2.32. The summed E-state index contributed by atoms with van der Waals surface area (Å²) in [6.07, 6.45) is 0. The summed E-state index contributed by atoms with van der Waals surface area (Å²) >= 11 is 1.04. The van der Waals surface area contributed by atoms with Crippen molar-refractivity contribution in [1.82, 2.24) is 18.3 Å². The summed E-state index contributed by atoms with van der Waals surface area (Å²) in [5, 5.41) is 0. The van der Waals surface area contributed by atoms with E-state index in [-0.39, 0.29) is 16.5 Å². The molecule has 1 aromatic carbocycles. The van der Waals surface area contributed by atoms with Crippen molar-refractivity contribution in [3.63, 3.8) is 0 Å². The summed E-state index contributed by atoms with van der Waals surface area (Å²) in [5.41, 5.74) is 1.06. The van der Waals surface area contributed by atoms with Gasteiger partial charge in [-0.1, -0.05) is 19.9 Å². The van der Waals surface area contributed by atoms with Gasteiger partial charge in [0.1, 0.15) is 0 Å². The van der Waals surface area contributed by atoms with E-state index >= 15 is 0 Å². The van der Waals surface area contributed by atoms with E-state index in [9.17, 15) is 9.59 Å². The van der Waals surface area contributed by atoms with Gasteiger partial charge >= 0.3 is 10.6 Å². The SMILES string of the molecule is CC(C)Cn1c(=O)sn(CCN2CCN(Cc3ccc4c(c3)OCO4)CC2)c1=O. The molecule has 1 saturated heterocycles. The molecule has 0 bridgehead atoms. The Morgan fingerprint density at radius 1 is 1.00 bits per heavy atom. The zero-order valence-corrected chi connectivity index (χ0v) is 17.8. The van der Waals surface area contributed by atoms with E-state index in [1.165, 1.54) is 10.1 Å². The zero-order valence-electron chi connectivity index (χ0n) is 17.0. The minimum atomic E-state index is -0.171. The molecular formula is C20H28N4O4S. The largest absolute Gasteiger partial charge is 0.454 e. The lowest BCUT2D eigenvalue weighted by molar-refractivity contribution is 0.124. The van der Waals surface area contributed by atoms with Crippen LogP contribution in [0.5, 0.6) is 11.5 Å². The fourth-order valence-corrected chi connectivity index (χ4v) is 4.54. The molecule has 2 aliphatic rings. The van der Waals surface area contributed by atoms with Gasteiger partial charge < -0.3 is 9.47 Å². The number of nitrogens with zero attached hydrogens (tertiary/aromatic N) is 4. The minimum Gasteiger partial charge on any atom is -0.454 e. The highest BCUT2D eigenvalue weighted by molar-refractivity contribution is 7.03. The van der Waals surface area contributed by atoms with E-state index in [1.54, 1.807) is 3.96 Å². The molecule has 9 heteroatoms. The van der Waals surface area contributed by atoms with Crippen molar-refractivity contribution in [3.8, 4) is 11.5 Å². The summed E-state index contributed by atoms with van der Waals surface area (Å²) in [4.78, 5) is 29.1. The van der Waals surface area contributed by atoms with Gasteiger partial charge in [-0.2, -0.15) is 0 Å². The molecule has 29 heavy (non-hydrogen) atoms. The maximum absolute atomic E-state index is 12.4. The van der Waals surface area contributed by atoms with Crippen LogP contribution >= 0.6 is 11.5 Å². The van der Waals surface area contributed by atoms with E-state index < -0.39 is 0 Å². The average Bonchev–Trinajstić information content (AvgIpc) is 3.26. The third-order valence-electron chi connectivity index (χ3n) is 5.33. The van der Waals surface area contributed by atoms with E-state index in [4.69, 9.17) is 9.47 Å². The molecule has 3 heterocycles. The lowest BCUT2D eigenvalue weighted by atomic mass is 10.1. The Bertz CT molecular complexity index is 956. The Balaban J connectivity index is 1.26. The number of aromatic nitrogens is 2. The number of hydrogen-bond donors (Lipinski definition) is 0. The Morgan fingerprint density at radius 2 is 1.72 bits per heavy atom. The summed E-state index contributed by atoms with van der Waals surface area (Å²) in [6.45, 7) is 10.9. The van der Waals surface area contributed by atoms with Crippen LogP contribution in [-0.4, -0.2) is 57.8 Å². The molecule has 2 aliphatic heterocycles. The number of benzene rings is 1. The van der Waals surface area contributed by atoms with Crippen molar-refractivity contribution < 1.29 is 9.47 Å². The van der Waals surface area contributed by atoms with Crippen LogP contribution in [0.1, 0.15) is 19.4 Å². The third-order valence-corrected chi connectivity index (χ3v) is 6.26. The molecule has 2 aromatic rings. The molecule has 0 amide bonds. The lowest BCUT2D eigenvalue weighted by Crippen LogP contribution is -2.47. The van der Waals surface area contributed by atoms with E-state index in [0.717, 1.165) is 62.3 Å². The number of rotatable bonds is 7. The van der Waals surface area contributed by atoms with Crippen molar-refractivity contribution >= 4 is 11.5 Å². The normalized spacial score (nSPS) is 17.3. The smallest absolute Gasteiger partial charge is 0.341 e. The molecule has 0 saturated carbocycles. The summed E-state index contributed by atoms with van der Waals surface area (Å²) < 4.78 is 13.8. The predicted molar refractivity (Wildman–Crippen MR) is 112 cm³/mol. The topological polar surface area (TPSA) is 68.9 Å². The Hall–Kier alpha value is -2.10. The van der Waals surface area contributed by atoms with Crippen molar-refractivity contribution in [2.24, 2.45) is 5.92 Å². The molecule has 0 radical (unpaired) electrons. The maximum atomic E-state index is 12.4. The molecule has 1 fully saturated rings. The van der Waals surface area contributed by atoms with Gasteiger partial charge in [0.25, 0.3) is 0 Å². The zero-order chi connectivity index (χ0) is 20.4. The van der Waals surface area contributed by atoms with Gasteiger partial charge in [0.15, 0.2) is 11.5 Å². The monoisotopic (exact) mass is 420 g/mol. The van der Waals surface area contributed by atoms with Gasteiger partial charge in [0, 0.05) is 57.3 Å². The van der Waals surface area contributed by atoms with Crippen LogP contribution in [-0.2, 0) is 19.6 Å². The van der Waals surface area contributed by atoms with Gasteiger partial charge in [-0.05, 0) is 23.6 Å². The first-order valence-corrected chi connectivity index (χ1v) is 10.9. The number of piperazine rings is 1. The lowest BCUT2D eigenvalue weighted by Gasteiger charge is -2.34. The second kappa shape index (κ2) is 8.73. The van der Waals surface area contributed by atoms with E-state index in [1.807, 2.05) is 19.9 Å². The van der Waals surface area contributed by atoms with Crippen LogP contribution < -0.4 is 20.0 Å². The quantitative estimate of drug-likeness (QED) is 0.672. The Labute approximate surface area is 174 Å². The predicted octanol–water partition coefficient (Wildman–Crippen LogP) is 1.27. The van der Waals surface area contributed by atoms with Crippen molar-refractivity contribution in [1.29, 1.82) is 0 Å². The van der Waals surface area contributed by atoms with Crippen molar-refractivity contribution in [2.45, 2.75) is 33.5 Å². The minimum absolute atomic E-state index is 0.155. The highest BCUT2D eigenvalue weighted by atomic mass is 32.1. The highest BCUT2D eigenvalue weighted by Gasteiger charge is 2.19. The van der Waals surface area contributed by atoms with E-state index in [0.29, 0.717) is 19.9 Å². The first-order valence-electron chi connectivity index (χ1n) is 10.1. The summed E-state index contributed by atoms with van der Waals surface area (Å²) in [7, 11) is 0. The molecule has 158 valence electrons. The maximum Gasteiger partial charge on any atom is 0.341 e. The third kappa shape index (κ3) is 4.73. The van der Waals surface area contributed by atoms with Crippen LogP contribution in [0.3, 0.4) is 0 Å². The summed E-state index contributed by atoms with van der Waals surface area (Å²) in [5.74, 6) is 1.93. The van der Waals surface area contributed by atoms with Crippen LogP contribution in [0.2, 0.25) is 0 Å². The number of ether oxygens (including phenoxy) is 2. The van der Waals surface area contributed by atoms with Gasteiger partial charge in [0.05, 0.1) is 6.54 Å². The molecule has 0 aliphatic carbocycles. The average molecular weight is 421 g/mol. The molecule has 0 spiro atoms. The van der Waals surface area contributed by atoms with Crippen molar-refractivity contribution in [2.75, 3.05) is 39.5 Å². The summed E-state index contributed by atoms with van der Waals surface area (Å²) in [6, 6.07) is 6.13. The molecule has 0 N–H and O–H groups in total. The molecule has 8 nitrogen and oxygen atoms in total. The standard InChI is InChI=1S/C20H28N4O4S/c1-15(2)12-23-19(25)24(29-20(23)26)10-9-21-5-7-22(8-6-21)13-16-3-4-17-18(11-16)28-14-27-17/h3-4,11,15H,5-10,12-14H2,1-2H3. The first-order chi connectivity index (χ1) is 14.0. The Kier molecular flexibility index (Phi) is 6.07. The second-order valence-electron chi connectivity index (χ2n) is 8.05. The molecule has 1 aromatic heterocycles. The van der Waals surface area contributed by atoms with Gasteiger partial charge in [-0.25, -0.2) is 13.3 Å². The fraction of sp³-hybridized carbons (Fsp3) is 0.600. The number of fused-ring (bicyclic) bond motifs is 1. The first kappa shape index (κ1) is 20.2. The van der Waals surface area contributed by atoms with Gasteiger partial charge in [-0.15, -0.1) is 0 Å². The fourth-order valence-electron chi connectivity index (χ4n) is 3.76. The number of hydrogen-bond acceptors (Lipinski definition) is 7. The second-order valence-corrected chi connectivity index (χ2v) is 9.02. The van der Waals surface area contributed by atoms with Crippen LogP contribution in [0.4, 0.5) is 0 Å². The molecule has 4 rings (SSSR count). The van der Waals surface area contributed by atoms with Crippen LogP contribution in [0.25, 0.3) is 0 Å². The molecule has 0 atom stereocenters. The molecule has 0 unspecified atom stereocenters.